The van der Waals surface area contributed by atoms with E-state index in [1.165, 1.54) is 0 Å². The molecule has 0 saturated carbocycles. The van der Waals surface area contributed by atoms with Gasteiger partial charge in [0, 0.05) is 6.54 Å². The maximum atomic E-state index is 12.2. The van der Waals surface area contributed by atoms with Crippen LogP contribution in [-0.4, -0.2) is 20.7 Å². The molecule has 0 saturated heterocycles. The molecule has 3 N–H and O–H groups in total. The van der Waals surface area contributed by atoms with Gasteiger partial charge in [0.25, 0.3) is 0 Å². The molecule has 4 nitrogen and oxygen atoms in total. The molecule has 2 rings (SSSR count). The van der Waals surface area contributed by atoms with E-state index >= 15 is 0 Å². The summed E-state index contributed by atoms with van der Waals surface area (Å²) in [6, 6.07) is 13.5. The maximum Gasteiger partial charge on any atom is 0.212 e. The number of hydrogen-bond donors (Lipinski definition) is 2. The van der Waals surface area contributed by atoms with Gasteiger partial charge in [0.1, 0.15) is 0 Å². The van der Waals surface area contributed by atoms with Gasteiger partial charge in [-0.3, -0.25) is 0 Å². The molecule has 23 heavy (non-hydrogen) atoms. The molecule has 1 atom stereocenters. The average Bonchev–Trinajstić information content (AvgIpc) is 2.50. The van der Waals surface area contributed by atoms with Crippen LogP contribution in [0.25, 0.3) is 10.8 Å². The molecule has 0 aliphatic heterocycles. The molecular weight excluding hydrogens is 332 g/mol. The average molecular weight is 357 g/mol. The number of halogens is 1. The third-order valence-electron chi connectivity index (χ3n) is 3.70. The van der Waals surface area contributed by atoms with Crippen LogP contribution in [0.1, 0.15) is 31.9 Å². The SMILES string of the molecule is CC(C)CCS(=O)(=O)NC(CN)c1ccc2ccccc2c1.Cl. The minimum atomic E-state index is -3.32. The van der Waals surface area contributed by atoms with Crippen molar-refractivity contribution in [3.8, 4) is 0 Å². The van der Waals surface area contributed by atoms with Gasteiger partial charge in [-0.1, -0.05) is 50.2 Å². The maximum absolute atomic E-state index is 12.2. The van der Waals surface area contributed by atoms with Gasteiger partial charge in [-0.05, 0) is 34.7 Å². The van der Waals surface area contributed by atoms with Crippen LogP contribution in [0.15, 0.2) is 42.5 Å². The second-order valence-electron chi connectivity index (χ2n) is 6.01. The van der Waals surface area contributed by atoms with Crippen molar-refractivity contribution in [2.45, 2.75) is 26.3 Å². The highest BCUT2D eigenvalue weighted by molar-refractivity contribution is 7.89. The van der Waals surface area contributed by atoms with E-state index in [1.54, 1.807) is 0 Å². The van der Waals surface area contributed by atoms with E-state index in [0.29, 0.717) is 12.3 Å². The predicted octanol–water partition coefficient (Wildman–Crippen LogP) is 3.23. The van der Waals surface area contributed by atoms with Gasteiger partial charge in [-0.15, -0.1) is 12.4 Å². The second-order valence-corrected chi connectivity index (χ2v) is 7.89. The van der Waals surface area contributed by atoms with Gasteiger partial charge in [0.2, 0.25) is 10.0 Å². The standard InChI is InChI=1S/C17H24N2O2S.ClH/c1-13(2)9-10-22(20,21)19-17(12-18)16-8-7-14-5-3-4-6-15(14)11-16;/h3-8,11,13,17,19H,9-10,12,18H2,1-2H3;1H. The van der Waals surface area contributed by atoms with E-state index in [9.17, 15) is 8.42 Å². The monoisotopic (exact) mass is 356 g/mol. The molecule has 1 unspecified atom stereocenters. The molecule has 128 valence electrons. The highest BCUT2D eigenvalue weighted by Crippen LogP contribution is 2.20. The number of rotatable bonds is 7. The Bertz CT molecular complexity index is 732. The Morgan fingerprint density at radius 3 is 2.35 bits per heavy atom. The topological polar surface area (TPSA) is 72.2 Å². The zero-order valence-corrected chi connectivity index (χ0v) is 15.2. The normalized spacial score (nSPS) is 13.0. The minimum absolute atomic E-state index is 0. The lowest BCUT2D eigenvalue weighted by atomic mass is 10.0. The lowest BCUT2D eigenvalue weighted by Crippen LogP contribution is -2.35. The van der Waals surface area contributed by atoms with Crippen LogP contribution in [0.4, 0.5) is 0 Å². The number of hydrogen-bond acceptors (Lipinski definition) is 3. The summed E-state index contributed by atoms with van der Waals surface area (Å²) in [4.78, 5) is 0. The quantitative estimate of drug-likeness (QED) is 0.800. The summed E-state index contributed by atoms with van der Waals surface area (Å²) >= 11 is 0. The van der Waals surface area contributed by atoms with Crippen LogP contribution in [0, 0.1) is 5.92 Å². The van der Waals surface area contributed by atoms with E-state index in [-0.39, 0.29) is 30.7 Å². The van der Waals surface area contributed by atoms with Gasteiger partial charge in [0.15, 0.2) is 0 Å². The summed E-state index contributed by atoms with van der Waals surface area (Å²) in [5, 5.41) is 2.21. The molecule has 0 fully saturated rings. The zero-order chi connectivity index (χ0) is 16.2. The first-order valence-corrected chi connectivity index (χ1v) is 9.25. The number of nitrogens with two attached hydrogens (primary N) is 1. The minimum Gasteiger partial charge on any atom is -0.329 e. The lowest BCUT2D eigenvalue weighted by molar-refractivity contribution is 0.544. The second kappa shape index (κ2) is 8.64. The molecule has 2 aromatic rings. The smallest absolute Gasteiger partial charge is 0.212 e. The van der Waals surface area contributed by atoms with Crippen molar-refractivity contribution in [3.63, 3.8) is 0 Å². The van der Waals surface area contributed by atoms with Crippen molar-refractivity contribution in [1.29, 1.82) is 0 Å². The van der Waals surface area contributed by atoms with Crippen molar-refractivity contribution in [2.75, 3.05) is 12.3 Å². The van der Waals surface area contributed by atoms with Gasteiger partial charge in [-0.2, -0.15) is 0 Å². The first kappa shape index (κ1) is 19.9. The fourth-order valence-corrected chi connectivity index (χ4v) is 3.91. The van der Waals surface area contributed by atoms with E-state index in [4.69, 9.17) is 5.73 Å². The van der Waals surface area contributed by atoms with Crippen molar-refractivity contribution in [2.24, 2.45) is 11.7 Å². The Hall–Kier alpha value is -1.14. The van der Waals surface area contributed by atoms with E-state index in [2.05, 4.69) is 4.72 Å². The molecule has 0 bridgehead atoms. The van der Waals surface area contributed by atoms with E-state index in [0.717, 1.165) is 16.3 Å². The van der Waals surface area contributed by atoms with Crippen LogP contribution >= 0.6 is 12.4 Å². The zero-order valence-electron chi connectivity index (χ0n) is 13.5. The Labute approximate surface area is 144 Å². The Morgan fingerprint density at radius 1 is 1.09 bits per heavy atom. The van der Waals surface area contributed by atoms with Crippen molar-refractivity contribution >= 4 is 33.2 Å². The number of nitrogens with one attached hydrogen (secondary N) is 1. The Morgan fingerprint density at radius 2 is 1.74 bits per heavy atom. The highest BCUT2D eigenvalue weighted by Gasteiger charge is 2.18. The van der Waals surface area contributed by atoms with Crippen LogP contribution < -0.4 is 10.5 Å². The van der Waals surface area contributed by atoms with Gasteiger partial charge in [0.05, 0.1) is 11.8 Å². The largest absolute Gasteiger partial charge is 0.329 e. The van der Waals surface area contributed by atoms with Crippen LogP contribution in [0.5, 0.6) is 0 Å². The summed E-state index contributed by atoms with van der Waals surface area (Å²) in [5.74, 6) is 0.489. The molecule has 0 aromatic heterocycles. The summed E-state index contributed by atoms with van der Waals surface area (Å²) < 4.78 is 27.1. The summed E-state index contributed by atoms with van der Waals surface area (Å²) in [6.45, 7) is 4.26. The third-order valence-corrected chi connectivity index (χ3v) is 5.11. The molecule has 0 amide bonds. The molecular formula is C17H25ClN2O2S. The predicted molar refractivity (Wildman–Crippen MR) is 99.4 cm³/mol. The molecule has 0 radical (unpaired) electrons. The van der Waals surface area contributed by atoms with E-state index in [1.807, 2.05) is 56.3 Å². The summed E-state index contributed by atoms with van der Waals surface area (Å²) in [7, 11) is -3.32. The van der Waals surface area contributed by atoms with Crippen molar-refractivity contribution in [3.05, 3.63) is 48.0 Å². The Kier molecular flexibility index (Phi) is 7.48. The number of benzene rings is 2. The van der Waals surface area contributed by atoms with Gasteiger partial charge in [-0.25, -0.2) is 13.1 Å². The van der Waals surface area contributed by atoms with Gasteiger partial charge >= 0.3 is 0 Å². The fourth-order valence-electron chi connectivity index (χ4n) is 2.34. The summed E-state index contributed by atoms with van der Waals surface area (Å²) in [6.07, 6.45) is 0.643. The fraction of sp³-hybridized carbons (Fsp3) is 0.412. The van der Waals surface area contributed by atoms with E-state index < -0.39 is 10.0 Å². The molecule has 6 heteroatoms. The third kappa shape index (κ3) is 5.77. The molecule has 0 aliphatic carbocycles. The Balaban J connectivity index is 0.00000264. The molecule has 0 heterocycles. The number of sulfonamides is 1. The van der Waals surface area contributed by atoms with Crippen molar-refractivity contribution < 1.29 is 8.42 Å². The van der Waals surface area contributed by atoms with Crippen molar-refractivity contribution in [1.82, 2.24) is 4.72 Å². The molecule has 0 aliphatic rings. The molecule has 2 aromatic carbocycles. The molecule has 0 spiro atoms. The first-order valence-electron chi connectivity index (χ1n) is 7.60. The number of fused-ring (bicyclic) bond motifs is 1. The lowest BCUT2D eigenvalue weighted by Gasteiger charge is -2.18. The van der Waals surface area contributed by atoms with Crippen LogP contribution in [0.2, 0.25) is 0 Å². The highest BCUT2D eigenvalue weighted by atomic mass is 35.5. The van der Waals surface area contributed by atoms with Gasteiger partial charge < -0.3 is 5.73 Å². The first-order chi connectivity index (χ1) is 10.4. The van der Waals surface area contributed by atoms with Crippen LogP contribution in [-0.2, 0) is 10.0 Å². The summed E-state index contributed by atoms with van der Waals surface area (Å²) in [5.41, 5.74) is 6.68. The van der Waals surface area contributed by atoms with Crippen LogP contribution in [0.3, 0.4) is 0 Å².